The van der Waals surface area contributed by atoms with Crippen LogP contribution in [0.5, 0.6) is 5.75 Å². The third-order valence-electron chi connectivity index (χ3n) is 4.62. The van der Waals surface area contributed by atoms with Crippen molar-refractivity contribution in [1.82, 2.24) is 15.0 Å². The zero-order chi connectivity index (χ0) is 19.0. The van der Waals surface area contributed by atoms with Crippen LogP contribution in [0.1, 0.15) is 29.8 Å². The standard InChI is InChI=1S/C20H17N5O2/c1-11-18-16(10-27-11)17(15(7-21)19(22)25-18)13-8-23-20(24-9-13)12-3-5-14(26-2)6-4-12/h3-6,8-9,11H,10H2,1-2H3,(H2,22,25). The van der Waals surface area contributed by atoms with E-state index in [4.69, 9.17) is 15.2 Å². The Hall–Kier alpha value is -3.50. The summed E-state index contributed by atoms with van der Waals surface area (Å²) in [4.78, 5) is 13.3. The maximum Gasteiger partial charge on any atom is 0.159 e. The summed E-state index contributed by atoms with van der Waals surface area (Å²) < 4.78 is 10.8. The van der Waals surface area contributed by atoms with Crippen LogP contribution in [-0.2, 0) is 11.3 Å². The van der Waals surface area contributed by atoms with Crippen molar-refractivity contribution in [2.45, 2.75) is 19.6 Å². The van der Waals surface area contributed by atoms with Crippen LogP contribution < -0.4 is 10.5 Å². The second-order valence-corrected chi connectivity index (χ2v) is 6.20. The minimum Gasteiger partial charge on any atom is -0.497 e. The van der Waals surface area contributed by atoms with Gasteiger partial charge in [0.25, 0.3) is 0 Å². The van der Waals surface area contributed by atoms with Gasteiger partial charge in [0.2, 0.25) is 0 Å². The fraction of sp³-hybridized carbons (Fsp3) is 0.200. The molecule has 0 aliphatic carbocycles. The third kappa shape index (κ3) is 2.86. The summed E-state index contributed by atoms with van der Waals surface area (Å²) in [6.45, 7) is 2.30. The van der Waals surface area contributed by atoms with E-state index in [0.29, 0.717) is 29.1 Å². The van der Waals surface area contributed by atoms with Crippen molar-refractivity contribution in [3.63, 3.8) is 0 Å². The maximum atomic E-state index is 9.58. The molecule has 7 nitrogen and oxygen atoms in total. The van der Waals surface area contributed by atoms with E-state index in [1.807, 2.05) is 31.2 Å². The van der Waals surface area contributed by atoms with E-state index in [2.05, 4.69) is 21.0 Å². The number of hydrogen-bond donors (Lipinski definition) is 1. The molecule has 3 heterocycles. The Morgan fingerprint density at radius 1 is 1.19 bits per heavy atom. The summed E-state index contributed by atoms with van der Waals surface area (Å²) >= 11 is 0. The van der Waals surface area contributed by atoms with Crippen LogP contribution in [0.2, 0.25) is 0 Å². The monoisotopic (exact) mass is 359 g/mol. The van der Waals surface area contributed by atoms with Crippen LogP contribution in [0.3, 0.4) is 0 Å². The molecule has 0 fully saturated rings. The summed E-state index contributed by atoms with van der Waals surface area (Å²) in [5.74, 6) is 1.55. The molecular weight excluding hydrogens is 342 g/mol. The van der Waals surface area contributed by atoms with Gasteiger partial charge in [0.15, 0.2) is 5.82 Å². The summed E-state index contributed by atoms with van der Waals surface area (Å²) in [7, 11) is 1.62. The van der Waals surface area contributed by atoms with Crippen molar-refractivity contribution in [3.05, 3.63) is 53.5 Å². The Bertz CT molecular complexity index is 1040. The minimum absolute atomic E-state index is 0.159. The van der Waals surface area contributed by atoms with Gasteiger partial charge in [-0.2, -0.15) is 5.26 Å². The number of anilines is 1. The number of hydrogen-bond acceptors (Lipinski definition) is 7. The average molecular weight is 359 g/mol. The number of nitrogen functional groups attached to an aromatic ring is 1. The molecule has 0 bridgehead atoms. The zero-order valence-corrected chi connectivity index (χ0v) is 14.9. The highest BCUT2D eigenvalue weighted by Gasteiger charge is 2.28. The molecule has 4 rings (SSSR count). The minimum atomic E-state index is -0.159. The average Bonchev–Trinajstić information content (AvgIpc) is 3.07. The Labute approximate surface area is 156 Å². The van der Waals surface area contributed by atoms with Gasteiger partial charge in [-0.25, -0.2) is 15.0 Å². The lowest BCUT2D eigenvalue weighted by atomic mass is 9.96. The van der Waals surface area contributed by atoms with Crippen molar-refractivity contribution >= 4 is 5.82 Å². The summed E-state index contributed by atoms with van der Waals surface area (Å²) in [6.07, 6.45) is 3.24. The summed E-state index contributed by atoms with van der Waals surface area (Å²) in [5.41, 5.74) is 10.3. The number of benzene rings is 1. The van der Waals surface area contributed by atoms with Crippen LogP contribution in [0, 0.1) is 11.3 Å². The first-order chi connectivity index (χ1) is 13.1. The molecule has 1 aliphatic rings. The van der Waals surface area contributed by atoms with Gasteiger partial charge in [0, 0.05) is 34.6 Å². The molecular formula is C20H17N5O2. The van der Waals surface area contributed by atoms with Crippen molar-refractivity contribution in [3.8, 4) is 34.3 Å². The molecule has 3 aromatic rings. The Morgan fingerprint density at radius 3 is 2.52 bits per heavy atom. The highest BCUT2D eigenvalue weighted by molar-refractivity contribution is 5.79. The second kappa shape index (κ2) is 6.67. The molecule has 2 N–H and O–H groups in total. The largest absolute Gasteiger partial charge is 0.497 e. The van der Waals surface area contributed by atoms with E-state index in [9.17, 15) is 5.26 Å². The van der Waals surface area contributed by atoms with Crippen molar-refractivity contribution in [2.75, 3.05) is 12.8 Å². The van der Waals surface area contributed by atoms with Gasteiger partial charge in [0.05, 0.1) is 25.5 Å². The number of fused-ring (bicyclic) bond motifs is 1. The predicted molar refractivity (Wildman–Crippen MR) is 99.6 cm³/mol. The molecule has 1 unspecified atom stereocenters. The zero-order valence-electron chi connectivity index (χ0n) is 14.9. The molecule has 0 amide bonds. The Kier molecular flexibility index (Phi) is 4.18. The normalized spacial score (nSPS) is 15.2. The van der Waals surface area contributed by atoms with E-state index < -0.39 is 0 Å². The molecule has 1 atom stereocenters. The Morgan fingerprint density at radius 2 is 1.89 bits per heavy atom. The van der Waals surface area contributed by atoms with Gasteiger partial charge in [0.1, 0.15) is 23.2 Å². The first-order valence-corrected chi connectivity index (χ1v) is 8.43. The molecule has 1 aromatic carbocycles. The van der Waals surface area contributed by atoms with Gasteiger partial charge < -0.3 is 15.2 Å². The van der Waals surface area contributed by atoms with Gasteiger partial charge in [-0.1, -0.05) is 0 Å². The highest BCUT2D eigenvalue weighted by atomic mass is 16.5. The second-order valence-electron chi connectivity index (χ2n) is 6.20. The number of aromatic nitrogens is 3. The maximum absolute atomic E-state index is 9.58. The molecule has 0 radical (unpaired) electrons. The molecule has 134 valence electrons. The van der Waals surface area contributed by atoms with Crippen molar-refractivity contribution in [1.29, 1.82) is 5.26 Å². The highest BCUT2D eigenvalue weighted by Crippen LogP contribution is 2.39. The van der Waals surface area contributed by atoms with Crippen molar-refractivity contribution in [2.24, 2.45) is 0 Å². The topological polar surface area (TPSA) is 107 Å². The van der Waals surface area contributed by atoms with E-state index in [-0.39, 0.29) is 11.9 Å². The molecule has 2 aromatic heterocycles. The van der Waals surface area contributed by atoms with E-state index >= 15 is 0 Å². The quantitative estimate of drug-likeness (QED) is 0.765. The smallest absolute Gasteiger partial charge is 0.159 e. The lowest BCUT2D eigenvalue weighted by molar-refractivity contribution is 0.0780. The Balaban J connectivity index is 1.79. The fourth-order valence-corrected chi connectivity index (χ4v) is 3.21. The van der Waals surface area contributed by atoms with E-state index in [0.717, 1.165) is 22.6 Å². The third-order valence-corrected chi connectivity index (χ3v) is 4.62. The molecule has 0 spiro atoms. The molecule has 7 heteroatoms. The summed E-state index contributed by atoms with van der Waals surface area (Å²) in [5, 5.41) is 9.58. The lowest BCUT2D eigenvalue weighted by Gasteiger charge is -2.12. The van der Waals surface area contributed by atoms with Crippen molar-refractivity contribution < 1.29 is 9.47 Å². The molecule has 0 saturated heterocycles. The molecule has 1 aliphatic heterocycles. The SMILES string of the molecule is COc1ccc(-c2ncc(-c3c(C#N)c(N)nc4c3COC4C)cn2)cc1. The number of methoxy groups -OCH3 is 1. The van der Waals surface area contributed by atoms with Gasteiger partial charge in [-0.3, -0.25) is 0 Å². The molecule has 27 heavy (non-hydrogen) atoms. The van der Waals surface area contributed by atoms with Gasteiger partial charge in [-0.05, 0) is 31.2 Å². The van der Waals surface area contributed by atoms with E-state index in [1.165, 1.54) is 0 Å². The lowest BCUT2D eigenvalue weighted by Crippen LogP contribution is -2.05. The van der Waals surface area contributed by atoms with Crippen LogP contribution in [0.15, 0.2) is 36.7 Å². The van der Waals surface area contributed by atoms with Gasteiger partial charge >= 0.3 is 0 Å². The predicted octanol–water partition coefficient (Wildman–Crippen LogP) is 3.26. The number of nitrogens with zero attached hydrogens (tertiary/aromatic N) is 4. The summed E-state index contributed by atoms with van der Waals surface area (Å²) in [6, 6.07) is 9.66. The number of nitriles is 1. The number of nitrogens with two attached hydrogens (primary N) is 1. The van der Waals surface area contributed by atoms with Crippen LogP contribution in [0.25, 0.3) is 22.5 Å². The van der Waals surface area contributed by atoms with Crippen LogP contribution >= 0.6 is 0 Å². The number of rotatable bonds is 3. The van der Waals surface area contributed by atoms with Crippen LogP contribution in [0.4, 0.5) is 5.82 Å². The van der Waals surface area contributed by atoms with Crippen LogP contribution in [-0.4, -0.2) is 22.1 Å². The first-order valence-electron chi connectivity index (χ1n) is 8.43. The molecule has 0 saturated carbocycles. The number of ether oxygens (including phenoxy) is 2. The van der Waals surface area contributed by atoms with E-state index in [1.54, 1.807) is 19.5 Å². The van der Waals surface area contributed by atoms with Gasteiger partial charge in [-0.15, -0.1) is 0 Å². The fourth-order valence-electron chi connectivity index (χ4n) is 3.21. The first kappa shape index (κ1) is 16.9. The number of pyridine rings is 1.